The molecular weight excluding hydrogens is 548 g/mol. The Morgan fingerprint density at radius 2 is 1.57 bits per heavy atom. The molecule has 0 bridgehead atoms. The van der Waals surface area contributed by atoms with Gasteiger partial charge in [-0.05, 0) is 19.4 Å². The van der Waals surface area contributed by atoms with E-state index in [2.05, 4.69) is 0 Å². The molecule has 240 valence electrons. The minimum Gasteiger partial charge on any atom is -0.462 e. The third-order valence-corrected chi connectivity index (χ3v) is 9.04. The van der Waals surface area contributed by atoms with Crippen molar-refractivity contribution in [1.82, 2.24) is 0 Å². The third kappa shape index (κ3) is 7.93. The molecule has 0 spiro atoms. The first-order chi connectivity index (χ1) is 19.3. The molecule has 2 aliphatic rings. The van der Waals surface area contributed by atoms with Crippen molar-refractivity contribution in [2.24, 2.45) is 29.1 Å². The summed E-state index contributed by atoms with van der Waals surface area (Å²) in [7, 11) is 0. The average molecular weight is 599 g/mol. The smallest absolute Gasteiger partial charge is 0.308 e. The molecule has 2 heterocycles. The molecular formula is C31H50O11. The van der Waals surface area contributed by atoms with Gasteiger partial charge >= 0.3 is 5.97 Å². The zero-order chi connectivity index (χ0) is 32.3. The number of aliphatic hydroxyl groups excluding tert-OH is 5. The Bertz CT molecular complexity index is 1040. The zero-order valence-electron chi connectivity index (χ0n) is 25.9. The molecule has 12 atom stereocenters. The van der Waals surface area contributed by atoms with Gasteiger partial charge in [-0.3, -0.25) is 14.4 Å². The summed E-state index contributed by atoms with van der Waals surface area (Å²) in [6.07, 6.45) is -4.45. The van der Waals surface area contributed by atoms with Crippen LogP contribution in [-0.4, -0.2) is 103 Å². The van der Waals surface area contributed by atoms with Gasteiger partial charge in [-0.2, -0.15) is 0 Å². The summed E-state index contributed by atoms with van der Waals surface area (Å²) in [5.41, 5.74) is -3.78. The number of epoxide rings is 1. The lowest BCUT2D eigenvalue weighted by Crippen LogP contribution is -2.59. The monoisotopic (exact) mass is 598 g/mol. The fourth-order valence-corrected chi connectivity index (χ4v) is 5.61. The minimum atomic E-state index is -2.68. The van der Waals surface area contributed by atoms with Crippen molar-refractivity contribution in [3.05, 3.63) is 23.8 Å². The molecule has 6 N–H and O–H groups in total. The standard InChI is InChI=1S/C31H50O11/c1-9-10-15(2)25-26(42-25)29(39)31(40)14-41-23(35)13-22(34)30(7,8)27(37)19(6)24(36)17(4)11-16(3)20(32)12-21(33)18(5)28(31)38/h9-11,15-16,18-22,24-26,29,32-34,36,39-40H,12-14H2,1-8H3/b10-9-,17-11+/t15?,16-,18?,19-,20-,21-,22?,24+,25?,26?,29?,31+/m1/s1. The van der Waals surface area contributed by atoms with Gasteiger partial charge in [0.1, 0.15) is 24.6 Å². The highest BCUT2D eigenvalue weighted by Crippen LogP contribution is 2.38. The van der Waals surface area contributed by atoms with E-state index in [-0.39, 0.29) is 12.3 Å². The highest BCUT2D eigenvalue weighted by Gasteiger charge is 2.59. The van der Waals surface area contributed by atoms with Crippen LogP contribution in [0.15, 0.2) is 23.8 Å². The Balaban J connectivity index is 2.48. The van der Waals surface area contributed by atoms with Crippen LogP contribution in [0.4, 0.5) is 0 Å². The van der Waals surface area contributed by atoms with Crippen molar-refractivity contribution in [2.75, 3.05) is 6.61 Å². The van der Waals surface area contributed by atoms with Crippen molar-refractivity contribution in [3.63, 3.8) is 0 Å². The number of carbonyl (C=O) groups is 3. The maximum absolute atomic E-state index is 13.6. The van der Waals surface area contributed by atoms with Crippen molar-refractivity contribution < 1.29 is 54.5 Å². The van der Waals surface area contributed by atoms with Gasteiger partial charge < -0.3 is 40.1 Å². The van der Waals surface area contributed by atoms with E-state index in [0.717, 1.165) is 0 Å². The summed E-state index contributed by atoms with van der Waals surface area (Å²) in [6.45, 7) is 11.6. The van der Waals surface area contributed by atoms with Crippen LogP contribution >= 0.6 is 0 Å². The number of hydrogen-bond acceptors (Lipinski definition) is 11. The van der Waals surface area contributed by atoms with E-state index >= 15 is 0 Å². The summed E-state index contributed by atoms with van der Waals surface area (Å²) in [5.74, 6) is -5.60. The molecule has 0 aliphatic carbocycles. The number of esters is 1. The lowest BCUT2D eigenvalue weighted by molar-refractivity contribution is -0.178. The van der Waals surface area contributed by atoms with Crippen molar-refractivity contribution in [2.45, 2.75) is 117 Å². The second-order valence-corrected chi connectivity index (χ2v) is 12.8. The van der Waals surface area contributed by atoms with E-state index in [4.69, 9.17) is 9.47 Å². The van der Waals surface area contributed by atoms with Gasteiger partial charge in [0.25, 0.3) is 0 Å². The van der Waals surface area contributed by atoms with Crippen LogP contribution in [0.25, 0.3) is 0 Å². The third-order valence-electron chi connectivity index (χ3n) is 9.04. The molecule has 0 radical (unpaired) electrons. The van der Waals surface area contributed by atoms with Gasteiger partial charge in [0.15, 0.2) is 11.4 Å². The predicted molar refractivity (Wildman–Crippen MR) is 153 cm³/mol. The van der Waals surface area contributed by atoms with Crippen LogP contribution < -0.4 is 0 Å². The second kappa shape index (κ2) is 14.2. The van der Waals surface area contributed by atoms with Gasteiger partial charge in [-0.15, -0.1) is 0 Å². The fourth-order valence-electron chi connectivity index (χ4n) is 5.61. The number of carbonyl (C=O) groups excluding carboxylic acids is 3. The highest BCUT2D eigenvalue weighted by molar-refractivity contribution is 5.91. The number of allylic oxidation sites excluding steroid dienone is 1. The maximum Gasteiger partial charge on any atom is 0.308 e. The van der Waals surface area contributed by atoms with E-state index in [1.54, 1.807) is 26.0 Å². The number of rotatable bonds is 4. The van der Waals surface area contributed by atoms with Gasteiger partial charge in [0, 0.05) is 30.1 Å². The molecule has 2 rings (SSSR count). The Kier molecular flexibility index (Phi) is 12.2. The van der Waals surface area contributed by atoms with Gasteiger partial charge in [0.2, 0.25) is 0 Å². The molecule has 2 aliphatic heterocycles. The fraction of sp³-hybridized carbons (Fsp3) is 0.774. The topological polar surface area (TPSA) is 194 Å². The van der Waals surface area contributed by atoms with Crippen LogP contribution in [0.5, 0.6) is 0 Å². The van der Waals surface area contributed by atoms with Crippen molar-refractivity contribution in [1.29, 1.82) is 0 Å². The minimum absolute atomic E-state index is 0.151. The Hall–Kier alpha value is -1.99. The van der Waals surface area contributed by atoms with Crippen LogP contribution in [-0.2, 0) is 23.9 Å². The van der Waals surface area contributed by atoms with Crippen molar-refractivity contribution >= 4 is 17.5 Å². The molecule has 0 amide bonds. The molecule has 1 saturated heterocycles. The van der Waals surface area contributed by atoms with Gasteiger partial charge in [-0.1, -0.05) is 59.8 Å². The summed E-state index contributed by atoms with van der Waals surface area (Å²) >= 11 is 0. The molecule has 11 heteroatoms. The summed E-state index contributed by atoms with van der Waals surface area (Å²) < 4.78 is 10.8. The van der Waals surface area contributed by atoms with E-state index in [1.807, 2.05) is 19.9 Å². The average Bonchev–Trinajstić information content (AvgIpc) is 3.73. The number of aliphatic hydroxyl groups is 6. The largest absolute Gasteiger partial charge is 0.462 e. The molecule has 0 aromatic rings. The maximum atomic E-state index is 13.6. The normalized spacial score (nSPS) is 42.2. The first-order valence-electron chi connectivity index (χ1n) is 14.6. The first-order valence-corrected chi connectivity index (χ1v) is 14.6. The number of Topliss-reactive ketones (excluding diaryl/α,β-unsaturated/α-hetero) is 2. The SMILES string of the molecule is C/C=C\C(C)C1OC1C(O)[C@]1(O)COC(=O)CC(O)C(C)(C)C(=O)[C@H](C)[C@@H](O)/C(C)=C/[C@@H](C)[C@H](O)C[C@@H](O)C(C)C1=O. The molecule has 0 saturated carbocycles. The summed E-state index contributed by atoms with van der Waals surface area (Å²) in [5, 5.41) is 66.1. The molecule has 0 aromatic carbocycles. The Morgan fingerprint density at radius 1 is 0.976 bits per heavy atom. The lowest BCUT2D eigenvalue weighted by Gasteiger charge is -2.35. The second-order valence-electron chi connectivity index (χ2n) is 12.8. The molecule has 1 fully saturated rings. The van der Waals surface area contributed by atoms with Crippen LogP contribution in [0.1, 0.15) is 68.2 Å². The number of ether oxygens (including phenoxy) is 2. The quantitative estimate of drug-likeness (QED) is 0.153. The van der Waals surface area contributed by atoms with E-state index in [0.29, 0.717) is 5.57 Å². The molecule has 11 nitrogen and oxygen atoms in total. The van der Waals surface area contributed by atoms with Gasteiger partial charge in [-0.25, -0.2) is 0 Å². The van der Waals surface area contributed by atoms with Crippen molar-refractivity contribution in [3.8, 4) is 0 Å². The van der Waals surface area contributed by atoms with Crippen LogP contribution in [0, 0.1) is 29.1 Å². The predicted octanol–water partition coefficient (Wildman–Crippen LogP) is 0.858. The number of cyclic esters (lactones) is 1. The van der Waals surface area contributed by atoms with Gasteiger partial charge in [0.05, 0.1) is 42.4 Å². The lowest BCUT2D eigenvalue weighted by atomic mass is 9.73. The molecule has 0 aromatic heterocycles. The van der Waals surface area contributed by atoms with Crippen LogP contribution in [0.2, 0.25) is 0 Å². The van der Waals surface area contributed by atoms with E-state index in [1.165, 1.54) is 27.7 Å². The molecule has 42 heavy (non-hydrogen) atoms. The number of hydrogen-bond donors (Lipinski definition) is 6. The van der Waals surface area contributed by atoms with E-state index < -0.39 is 102 Å². The summed E-state index contributed by atoms with van der Waals surface area (Å²) in [4.78, 5) is 39.7. The van der Waals surface area contributed by atoms with E-state index in [9.17, 15) is 45.0 Å². The Morgan fingerprint density at radius 3 is 2.14 bits per heavy atom. The Labute approximate surface area is 248 Å². The van der Waals surface area contributed by atoms with Crippen LogP contribution in [0.3, 0.4) is 0 Å². The molecule has 6 unspecified atom stereocenters. The summed E-state index contributed by atoms with van der Waals surface area (Å²) in [6, 6.07) is 0. The number of ketones is 2. The highest BCUT2D eigenvalue weighted by atomic mass is 16.6. The first kappa shape index (κ1) is 36.2. The zero-order valence-corrected chi connectivity index (χ0v) is 25.9.